The Labute approximate surface area is 138 Å². The number of benzene rings is 3. The lowest BCUT2D eigenvalue weighted by atomic mass is 10.00. The molecule has 0 amide bonds. The van der Waals surface area contributed by atoms with Crippen molar-refractivity contribution in [3.05, 3.63) is 95.3 Å². The maximum Gasteiger partial charge on any atom is 0.277 e. The first-order chi connectivity index (χ1) is 11.7. The topological polar surface area (TPSA) is 48.1 Å². The van der Waals surface area contributed by atoms with Crippen molar-refractivity contribution in [2.45, 2.75) is 0 Å². The van der Waals surface area contributed by atoms with E-state index in [2.05, 4.69) is 0 Å². The van der Waals surface area contributed by atoms with Gasteiger partial charge in [-0.05, 0) is 23.8 Å². The second kappa shape index (κ2) is 5.66. The Balaban J connectivity index is 1.95. The number of hydrogen-bond acceptors (Lipinski definition) is 2. The van der Waals surface area contributed by atoms with Gasteiger partial charge < -0.3 is 4.57 Å². The van der Waals surface area contributed by atoms with E-state index in [0.717, 1.165) is 22.0 Å². The van der Waals surface area contributed by atoms with Gasteiger partial charge in [0.1, 0.15) is 0 Å². The van der Waals surface area contributed by atoms with Crippen LogP contribution in [0.25, 0.3) is 27.6 Å². The van der Waals surface area contributed by atoms with Crippen molar-refractivity contribution in [3.63, 3.8) is 0 Å². The quantitative estimate of drug-likeness (QED) is 0.385. The first kappa shape index (κ1) is 14.2. The van der Waals surface area contributed by atoms with Crippen molar-refractivity contribution in [1.29, 1.82) is 0 Å². The summed E-state index contributed by atoms with van der Waals surface area (Å²) in [6, 6.07) is 22.8. The summed E-state index contributed by atoms with van der Waals surface area (Å²) in [5, 5.41) is 13.4. The van der Waals surface area contributed by atoms with Gasteiger partial charge in [-0.3, -0.25) is 10.1 Å². The fourth-order valence-corrected chi connectivity index (χ4v) is 3.01. The molecule has 116 valence electrons. The van der Waals surface area contributed by atoms with Crippen molar-refractivity contribution < 1.29 is 4.92 Å². The minimum atomic E-state index is -0.331. The Morgan fingerprint density at radius 1 is 0.750 bits per heavy atom. The van der Waals surface area contributed by atoms with Crippen LogP contribution in [0, 0.1) is 10.1 Å². The molecule has 24 heavy (non-hydrogen) atoms. The van der Waals surface area contributed by atoms with E-state index in [1.54, 1.807) is 18.2 Å². The monoisotopic (exact) mass is 314 g/mol. The van der Waals surface area contributed by atoms with Gasteiger partial charge in [-0.2, -0.15) is 0 Å². The average molecular weight is 314 g/mol. The lowest BCUT2D eigenvalue weighted by Crippen LogP contribution is -1.91. The zero-order chi connectivity index (χ0) is 16.5. The summed E-state index contributed by atoms with van der Waals surface area (Å²) < 4.78 is 2.04. The van der Waals surface area contributed by atoms with Crippen LogP contribution >= 0.6 is 0 Å². The van der Waals surface area contributed by atoms with Gasteiger partial charge in [0.2, 0.25) is 0 Å². The van der Waals surface area contributed by atoms with Gasteiger partial charge in [-0.1, -0.05) is 48.5 Å². The summed E-state index contributed by atoms with van der Waals surface area (Å²) in [7, 11) is 0. The summed E-state index contributed by atoms with van der Waals surface area (Å²) in [5.74, 6) is 0. The van der Waals surface area contributed by atoms with Crippen LogP contribution in [0.1, 0.15) is 0 Å². The standard InChI is InChI=1S/C20H14N2O2/c23-22(24)20-12-5-4-10-18(20)17-11-6-7-15-13-21(14-19(15)17)16-8-2-1-3-9-16/h1-14H. The molecule has 0 aliphatic rings. The molecule has 0 bridgehead atoms. The first-order valence-electron chi connectivity index (χ1n) is 7.64. The highest BCUT2D eigenvalue weighted by atomic mass is 16.6. The van der Waals surface area contributed by atoms with Crippen LogP contribution in [0.5, 0.6) is 0 Å². The van der Waals surface area contributed by atoms with E-state index in [-0.39, 0.29) is 10.6 Å². The Morgan fingerprint density at radius 2 is 1.46 bits per heavy atom. The fourth-order valence-electron chi connectivity index (χ4n) is 3.01. The molecule has 4 rings (SSSR count). The minimum absolute atomic E-state index is 0.123. The van der Waals surface area contributed by atoms with Crippen molar-refractivity contribution in [1.82, 2.24) is 4.57 Å². The van der Waals surface area contributed by atoms with Crippen molar-refractivity contribution in [2.24, 2.45) is 0 Å². The van der Waals surface area contributed by atoms with E-state index >= 15 is 0 Å². The van der Waals surface area contributed by atoms with E-state index in [4.69, 9.17) is 0 Å². The molecule has 0 spiro atoms. The molecule has 0 aliphatic heterocycles. The Morgan fingerprint density at radius 3 is 2.25 bits per heavy atom. The predicted molar refractivity (Wildman–Crippen MR) is 95.4 cm³/mol. The van der Waals surface area contributed by atoms with E-state index < -0.39 is 0 Å². The van der Waals surface area contributed by atoms with Crippen LogP contribution in [0.3, 0.4) is 0 Å². The molecule has 4 nitrogen and oxygen atoms in total. The molecule has 1 heterocycles. The number of nitrogens with zero attached hydrogens (tertiary/aromatic N) is 2. The Kier molecular flexibility index (Phi) is 3.35. The molecule has 0 radical (unpaired) electrons. The molecular weight excluding hydrogens is 300 g/mol. The van der Waals surface area contributed by atoms with Gasteiger partial charge in [0.15, 0.2) is 0 Å². The maximum atomic E-state index is 11.4. The van der Waals surface area contributed by atoms with Crippen LogP contribution in [-0.2, 0) is 0 Å². The molecule has 1 aromatic heterocycles. The summed E-state index contributed by atoms with van der Waals surface area (Å²) >= 11 is 0. The highest BCUT2D eigenvalue weighted by Gasteiger charge is 2.16. The number of aromatic nitrogens is 1. The molecule has 0 N–H and O–H groups in total. The van der Waals surface area contributed by atoms with Crippen molar-refractivity contribution in [2.75, 3.05) is 0 Å². The second-order valence-corrected chi connectivity index (χ2v) is 5.58. The molecule has 0 atom stereocenters. The van der Waals surface area contributed by atoms with Crippen molar-refractivity contribution in [3.8, 4) is 16.8 Å². The SMILES string of the molecule is O=[N+]([O-])c1ccccc1-c1cccc2cn(-c3ccccc3)cc12. The highest BCUT2D eigenvalue weighted by Crippen LogP contribution is 2.35. The average Bonchev–Trinajstić information content (AvgIpc) is 3.06. The van der Waals surface area contributed by atoms with Gasteiger partial charge >= 0.3 is 0 Å². The number of para-hydroxylation sites is 2. The van der Waals surface area contributed by atoms with E-state index in [1.165, 1.54) is 0 Å². The largest absolute Gasteiger partial charge is 0.323 e. The van der Waals surface area contributed by atoms with Gasteiger partial charge in [-0.25, -0.2) is 0 Å². The zero-order valence-corrected chi connectivity index (χ0v) is 12.8. The van der Waals surface area contributed by atoms with Crippen molar-refractivity contribution >= 4 is 16.5 Å². The van der Waals surface area contributed by atoms with E-state index in [9.17, 15) is 10.1 Å². The summed E-state index contributed by atoms with van der Waals surface area (Å²) in [4.78, 5) is 11.0. The van der Waals surface area contributed by atoms with Crippen LogP contribution in [0.4, 0.5) is 5.69 Å². The fraction of sp³-hybridized carbons (Fsp3) is 0. The summed E-state index contributed by atoms with van der Waals surface area (Å²) in [5.41, 5.74) is 2.69. The predicted octanol–water partition coefficient (Wildman–Crippen LogP) is 5.21. The Hall–Kier alpha value is -3.40. The molecule has 0 fully saturated rings. The lowest BCUT2D eigenvalue weighted by molar-refractivity contribution is -0.384. The van der Waals surface area contributed by atoms with E-state index in [0.29, 0.717) is 5.56 Å². The number of hydrogen-bond donors (Lipinski definition) is 0. The smallest absolute Gasteiger partial charge is 0.277 e. The van der Waals surface area contributed by atoms with Gasteiger partial charge in [0, 0.05) is 34.9 Å². The normalized spacial score (nSPS) is 10.8. The third-order valence-electron chi connectivity index (χ3n) is 4.13. The van der Waals surface area contributed by atoms with Crippen LogP contribution in [-0.4, -0.2) is 9.49 Å². The first-order valence-corrected chi connectivity index (χ1v) is 7.64. The molecule has 0 aliphatic carbocycles. The van der Waals surface area contributed by atoms with Gasteiger partial charge in [0.05, 0.1) is 10.5 Å². The molecule has 0 unspecified atom stereocenters. The third-order valence-corrected chi connectivity index (χ3v) is 4.13. The molecule has 4 heteroatoms. The molecule has 0 saturated carbocycles. The zero-order valence-electron chi connectivity index (χ0n) is 12.8. The third kappa shape index (κ3) is 2.34. The lowest BCUT2D eigenvalue weighted by Gasteiger charge is -2.04. The maximum absolute atomic E-state index is 11.4. The molecule has 4 aromatic rings. The Bertz CT molecular complexity index is 1040. The second-order valence-electron chi connectivity index (χ2n) is 5.58. The number of rotatable bonds is 3. The van der Waals surface area contributed by atoms with Gasteiger partial charge in [0.25, 0.3) is 5.69 Å². The summed E-state index contributed by atoms with van der Waals surface area (Å²) in [6.45, 7) is 0. The number of nitro benzene ring substituents is 1. The number of fused-ring (bicyclic) bond motifs is 1. The number of nitro groups is 1. The molecular formula is C20H14N2O2. The highest BCUT2D eigenvalue weighted by molar-refractivity contribution is 5.98. The van der Waals surface area contributed by atoms with Crippen LogP contribution < -0.4 is 0 Å². The minimum Gasteiger partial charge on any atom is -0.323 e. The van der Waals surface area contributed by atoms with Crippen LogP contribution in [0.15, 0.2) is 85.2 Å². The van der Waals surface area contributed by atoms with Crippen LogP contribution in [0.2, 0.25) is 0 Å². The van der Waals surface area contributed by atoms with E-state index in [1.807, 2.05) is 71.6 Å². The van der Waals surface area contributed by atoms with Gasteiger partial charge in [-0.15, -0.1) is 0 Å². The summed E-state index contributed by atoms with van der Waals surface area (Å²) in [6.07, 6.45) is 4.07. The molecule has 0 saturated heterocycles. The molecule has 3 aromatic carbocycles.